The summed E-state index contributed by atoms with van der Waals surface area (Å²) in [7, 11) is 0. The number of hydrogen-bond acceptors (Lipinski definition) is 7. The summed E-state index contributed by atoms with van der Waals surface area (Å²) in [6.45, 7) is 8.41. The van der Waals surface area contributed by atoms with E-state index in [9.17, 15) is 9.59 Å². The largest absolute Gasteiger partial charge is 0.300 e. The van der Waals surface area contributed by atoms with Crippen molar-refractivity contribution < 1.29 is 4.79 Å². The summed E-state index contributed by atoms with van der Waals surface area (Å²) in [6, 6.07) is 0. The van der Waals surface area contributed by atoms with Gasteiger partial charge in [0.1, 0.15) is 9.84 Å². The van der Waals surface area contributed by atoms with Crippen molar-refractivity contribution in [1.82, 2.24) is 19.7 Å². The van der Waals surface area contributed by atoms with E-state index < -0.39 is 0 Å². The van der Waals surface area contributed by atoms with Crippen LogP contribution in [0.4, 0.5) is 5.13 Å². The number of nitrogens with zero attached hydrogens (tertiary/aromatic N) is 4. The summed E-state index contributed by atoms with van der Waals surface area (Å²) in [6.07, 6.45) is 2.53. The first kappa shape index (κ1) is 18.7. The number of aryl methyl sites for hydroxylation is 3. The molecular formula is C17H21N5O2S2. The van der Waals surface area contributed by atoms with Gasteiger partial charge in [0.2, 0.25) is 11.0 Å². The van der Waals surface area contributed by atoms with Gasteiger partial charge in [-0.25, -0.2) is 4.98 Å². The van der Waals surface area contributed by atoms with Gasteiger partial charge in [-0.15, -0.1) is 21.5 Å². The number of nitrogens with one attached hydrogen (secondary N) is 1. The molecule has 0 aliphatic carbocycles. The Morgan fingerprint density at radius 1 is 1.27 bits per heavy atom. The van der Waals surface area contributed by atoms with Gasteiger partial charge < -0.3 is 5.32 Å². The maximum absolute atomic E-state index is 12.6. The van der Waals surface area contributed by atoms with Gasteiger partial charge in [-0.2, -0.15) is 0 Å². The SMILES string of the molecule is Cc1sc2ncn(CCC(=O)Nc3nnc(CC(C)C)s3)c(=O)c2c1C. The molecule has 138 valence electrons. The summed E-state index contributed by atoms with van der Waals surface area (Å²) < 4.78 is 1.49. The lowest BCUT2D eigenvalue weighted by atomic mass is 10.1. The highest BCUT2D eigenvalue weighted by atomic mass is 32.1. The van der Waals surface area contributed by atoms with Crippen LogP contribution < -0.4 is 10.9 Å². The molecule has 0 aromatic carbocycles. The van der Waals surface area contributed by atoms with Gasteiger partial charge in [0.15, 0.2) is 0 Å². The maximum atomic E-state index is 12.6. The predicted octanol–water partition coefficient (Wildman–Crippen LogP) is 3.15. The molecule has 3 heterocycles. The van der Waals surface area contributed by atoms with Crippen molar-refractivity contribution in [3.63, 3.8) is 0 Å². The van der Waals surface area contributed by atoms with E-state index in [-0.39, 0.29) is 24.4 Å². The van der Waals surface area contributed by atoms with Gasteiger partial charge >= 0.3 is 0 Å². The molecule has 0 bridgehead atoms. The molecule has 9 heteroatoms. The molecule has 3 aromatic rings. The molecule has 0 saturated carbocycles. The quantitative estimate of drug-likeness (QED) is 0.697. The summed E-state index contributed by atoms with van der Waals surface area (Å²) in [4.78, 5) is 31.0. The van der Waals surface area contributed by atoms with Gasteiger partial charge in [-0.1, -0.05) is 25.2 Å². The minimum Gasteiger partial charge on any atom is -0.300 e. The predicted molar refractivity (Wildman–Crippen MR) is 105 cm³/mol. The molecule has 3 aromatic heterocycles. The van der Waals surface area contributed by atoms with E-state index in [1.165, 1.54) is 33.6 Å². The topological polar surface area (TPSA) is 89.8 Å². The number of carbonyl (C=O) groups is 1. The lowest BCUT2D eigenvalue weighted by Gasteiger charge is -2.05. The summed E-state index contributed by atoms with van der Waals surface area (Å²) in [5.74, 6) is 0.299. The van der Waals surface area contributed by atoms with Crippen molar-refractivity contribution in [2.24, 2.45) is 5.92 Å². The molecule has 0 spiro atoms. The van der Waals surface area contributed by atoms with Gasteiger partial charge in [-0.05, 0) is 25.3 Å². The Balaban J connectivity index is 1.65. The standard InChI is InChI=1S/C17H21N5O2S2/c1-9(2)7-13-20-21-17(26-13)19-12(23)5-6-22-8-18-15-14(16(22)24)10(3)11(4)25-15/h8-9H,5-7H2,1-4H3,(H,19,21,23). The number of anilines is 1. The number of thiophene rings is 1. The van der Waals surface area contributed by atoms with Crippen molar-refractivity contribution >= 4 is 43.9 Å². The number of carbonyl (C=O) groups excluding carboxylic acids is 1. The van der Waals surface area contributed by atoms with Crippen molar-refractivity contribution in [2.75, 3.05) is 5.32 Å². The molecule has 3 rings (SSSR count). The second-order valence-corrected chi connectivity index (χ2v) is 8.87. The fourth-order valence-electron chi connectivity index (χ4n) is 2.57. The highest BCUT2D eigenvalue weighted by molar-refractivity contribution is 7.18. The van der Waals surface area contributed by atoms with Crippen LogP contribution in [0.2, 0.25) is 0 Å². The highest BCUT2D eigenvalue weighted by Gasteiger charge is 2.13. The zero-order chi connectivity index (χ0) is 18.8. The highest BCUT2D eigenvalue weighted by Crippen LogP contribution is 2.25. The van der Waals surface area contributed by atoms with E-state index in [1.54, 1.807) is 0 Å². The Labute approximate surface area is 159 Å². The Bertz CT molecular complexity index is 1000. The molecule has 0 atom stereocenters. The minimum atomic E-state index is -0.192. The van der Waals surface area contributed by atoms with Crippen LogP contribution in [0.5, 0.6) is 0 Å². The van der Waals surface area contributed by atoms with Gasteiger partial charge in [-0.3, -0.25) is 14.2 Å². The Morgan fingerprint density at radius 3 is 2.77 bits per heavy atom. The number of amides is 1. The maximum Gasteiger partial charge on any atom is 0.262 e. The molecule has 1 amide bonds. The molecule has 0 aliphatic rings. The average Bonchev–Trinajstić information content (AvgIpc) is 3.11. The third-order valence-corrected chi connectivity index (χ3v) is 6.01. The molecular weight excluding hydrogens is 370 g/mol. The summed E-state index contributed by atoms with van der Waals surface area (Å²) in [5.41, 5.74) is 0.868. The Kier molecular flexibility index (Phi) is 5.47. The van der Waals surface area contributed by atoms with Crippen molar-refractivity contribution in [3.8, 4) is 0 Å². The third-order valence-electron chi connectivity index (χ3n) is 4.03. The monoisotopic (exact) mass is 391 g/mol. The molecule has 7 nitrogen and oxygen atoms in total. The zero-order valence-corrected chi connectivity index (χ0v) is 16.8. The first-order valence-electron chi connectivity index (χ1n) is 8.42. The van der Waals surface area contributed by atoms with E-state index in [4.69, 9.17) is 0 Å². The van der Waals surface area contributed by atoms with Gasteiger partial charge in [0.25, 0.3) is 5.56 Å². The molecule has 0 aliphatic heterocycles. The fourth-order valence-corrected chi connectivity index (χ4v) is 4.52. The van der Waals surface area contributed by atoms with Crippen molar-refractivity contribution in [2.45, 2.75) is 47.1 Å². The zero-order valence-electron chi connectivity index (χ0n) is 15.2. The molecule has 0 unspecified atom stereocenters. The number of fused-ring (bicyclic) bond motifs is 1. The summed E-state index contributed by atoms with van der Waals surface area (Å²) >= 11 is 2.90. The van der Waals surface area contributed by atoms with Crippen molar-refractivity contribution in [1.29, 1.82) is 0 Å². The first-order valence-corrected chi connectivity index (χ1v) is 10.1. The van der Waals surface area contributed by atoms with Crippen LogP contribution in [0.15, 0.2) is 11.1 Å². The van der Waals surface area contributed by atoms with Crippen LogP contribution in [0.25, 0.3) is 10.2 Å². The van der Waals surface area contributed by atoms with Gasteiger partial charge in [0.05, 0.1) is 11.7 Å². The van der Waals surface area contributed by atoms with E-state index in [1.807, 2.05) is 13.8 Å². The van der Waals surface area contributed by atoms with Crippen LogP contribution >= 0.6 is 22.7 Å². The van der Waals surface area contributed by atoms with Crippen LogP contribution in [-0.2, 0) is 17.8 Å². The Hall–Kier alpha value is -2.13. The molecule has 0 radical (unpaired) electrons. The average molecular weight is 392 g/mol. The normalized spacial score (nSPS) is 11.4. The molecule has 1 N–H and O–H groups in total. The molecule has 26 heavy (non-hydrogen) atoms. The lowest BCUT2D eigenvalue weighted by molar-refractivity contribution is -0.116. The number of rotatable bonds is 6. The van der Waals surface area contributed by atoms with E-state index >= 15 is 0 Å². The van der Waals surface area contributed by atoms with Crippen LogP contribution in [0.1, 0.15) is 35.7 Å². The van der Waals surface area contributed by atoms with E-state index in [0.717, 1.165) is 26.7 Å². The van der Waals surface area contributed by atoms with Crippen molar-refractivity contribution in [3.05, 3.63) is 32.1 Å². The number of aromatic nitrogens is 4. The van der Waals surface area contributed by atoms with Crippen LogP contribution in [-0.4, -0.2) is 25.7 Å². The van der Waals surface area contributed by atoms with Gasteiger partial charge in [0, 0.05) is 24.3 Å². The second-order valence-electron chi connectivity index (χ2n) is 6.60. The smallest absolute Gasteiger partial charge is 0.262 e. The number of hydrogen-bond donors (Lipinski definition) is 1. The lowest BCUT2D eigenvalue weighted by Crippen LogP contribution is -2.23. The van der Waals surface area contributed by atoms with Crippen LogP contribution in [0.3, 0.4) is 0 Å². The fraction of sp³-hybridized carbons (Fsp3) is 0.471. The van der Waals surface area contributed by atoms with E-state index in [0.29, 0.717) is 16.4 Å². The second kappa shape index (κ2) is 7.63. The summed E-state index contributed by atoms with van der Waals surface area (Å²) in [5, 5.41) is 12.9. The molecule has 0 fully saturated rings. The Morgan fingerprint density at radius 2 is 2.04 bits per heavy atom. The minimum absolute atomic E-state index is 0.0974. The first-order chi connectivity index (χ1) is 12.3. The third kappa shape index (κ3) is 3.99. The van der Waals surface area contributed by atoms with Crippen LogP contribution in [0, 0.1) is 19.8 Å². The molecule has 0 saturated heterocycles. The van der Waals surface area contributed by atoms with E-state index in [2.05, 4.69) is 34.3 Å².